The molecule has 1 aliphatic heterocycles. The van der Waals surface area contributed by atoms with E-state index in [1.165, 1.54) is 0 Å². The van der Waals surface area contributed by atoms with E-state index in [9.17, 15) is 10.1 Å². The van der Waals surface area contributed by atoms with Crippen molar-refractivity contribution >= 4 is 5.91 Å². The summed E-state index contributed by atoms with van der Waals surface area (Å²) >= 11 is 0. The summed E-state index contributed by atoms with van der Waals surface area (Å²) in [7, 11) is 3.89. The predicted octanol–water partition coefficient (Wildman–Crippen LogP) is 3.06. The summed E-state index contributed by atoms with van der Waals surface area (Å²) in [6, 6.07) is 16.4. The maximum absolute atomic E-state index is 12.6. The van der Waals surface area contributed by atoms with Gasteiger partial charge >= 0.3 is 0 Å². The first-order valence-electron chi connectivity index (χ1n) is 7.82. The summed E-state index contributed by atoms with van der Waals surface area (Å²) in [5, 5.41) is 9.55. The number of carbonyl (C=O) groups is 1. The standard InChI is InChI=1S/C19H19N3O2/c1-21(2)10-11-22-18(13-20)17-12-15(8-9-16(17)19(22)23)24-14-6-4-3-5-7-14/h3-9,12,18H,10-11H2,1-2H3. The van der Waals surface area contributed by atoms with Gasteiger partial charge in [-0.2, -0.15) is 5.26 Å². The number of rotatable bonds is 5. The van der Waals surface area contributed by atoms with Crippen LogP contribution < -0.4 is 4.74 Å². The van der Waals surface area contributed by atoms with Crippen LogP contribution in [-0.2, 0) is 0 Å². The Labute approximate surface area is 141 Å². The summed E-state index contributed by atoms with van der Waals surface area (Å²) < 4.78 is 5.82. The molecular weight excluding hydrogens is 302 g/mol. The Morgan fingerprint density at radius 3 is 2.58 bits per heavy atom. The number of hydrogen-bond acceptors (Lipinski definition) is 4. The molecule has 0 saturated heterocycles. The van der Waals surface area contributed by atoms with Gasteiger partial charge in [0.2, 0.25) is 0 Å². The van der Waals surface area contributed by atoms with Crippen LogP contribution in [-0.4, -0.2) is 42.9 Å². The zero-order valence-corrected chi connectivity index (χ0v) is 13.8. The van der Waals surface area contributed by atoms with Crippen molar-refractivity contribution in [2.45, 2.75) is 6.04 Å². The van der Waals surface area contributed by atoms with Crippen molar-refractivity contribution in [3.05, 3.63) is 59.7 Å². The van der Waals surface area contributed by atoms with Crippen LogP contribution in [0.1, 0.15) is 22.0 Å². The summed E-state index contributed by atoms with van der Waals surface area (Å²) in [5.74, 6) is 1.26. The Kier molecular flexibility index (Phi) is 4.50. The van der Waals surface area contributed by atoms with E-state index in [-0.39, 0.29) is 5.91 Å². The lowest BCUT2D eigenvalue weighted by molar-refractivity contribution is 0.0746. The van der Waals surface area contributed by atoms with Gasteiger partial charge in [-0.15, -0.1) is 0 Å². The second-order valence-electron chi connectivity index (χ2n) is 6.00. The molecule has 5 nitrogen and oxygen atoms in total. The van der Waals surface area contributed by atoms with Crippen LogP contribution in [0.15, 0.2) is 48.5 Å². The average Bonchev–Trinajstić information content (AvgIpc) is 2.85. The van der Waals surface area contributed by atoms with Crippen molar-refractivity contribution in [2.75, 3.05) is 27.2 Å². The summed E-state index contributed by atoms with van der Waals surface area (Å²) in [6.07, 6.45) is 0. The van der Waals surface area contributed by atoms with Crippen LogP contribution in [0, 0.1) is 11.3 Å². The first kappa shape index (κ1) is 16.0. The third-order valence-corrected chi connectivity index (χ3v) is 4.01. The van der Waals surface area contributed by atoms with Gasteiger partial charge in [0.1, 0.15) is 17.5 Å². The van der Waals surface area contributed by atoms with E-state index >= 15 is 0 Å². The number of nitrogens with zero attached hydrogens (tertiary/aromatic N) is 3. The number of benzene rings is 2. The second kappa shape index (κ2) is 6.73. The molecule has 0 saturated carbocycles. The van der Waals surface area contributed by atoms with Crippen LogP contribution in [0.4, 0.5) is 0 Å². The minimum absolute atomic E-state index is 0.0929. The normalized spacial score (nSPS) is 16.2. The van der Waals surface area contributed by atoms with E-state index in [1.54, 1.807) is 23.1 Å². The van der Waals surface area contributed by atoms with Crippen LogP contribution in [0.2, 0.25) is 0 Å². The van der Waals surface area contributed by atoms with Gasteiger partial charge in [0.25, 0.3) is 5.91 Å². The van der Waals surface area contributed by atoms with Crippen molar-refractivity contribution < 1.29 is 9.53 Å². The molecule has 0 bridgehead atoms. The fourth-order valence-electron chi connectivity index (χ4n) is 2.77. The van der Waals surface area contributed by atoms with Crippen molar-refractivity contribution in [1.82, 2.24) is 9.80 Å². The molecule has 1 aliphatic rings. The number of para-hydroxylation sites is 1. The first-order valence-corrected chi connectivity index (χ1v) is 7.82. The second-order valence-corrected chi connectivity index (χ2v) is 6.00. The fourth-order valence-corrected chi connectivity index (χ4v) is 2.77. The maximum Gasteiger partial charge on any atom is 0.255 e. The Morgan fingerprint density at radius 2 is 1.92 bits per heavy atom. The SMILES string of the molecule is CN(C)CCN1C(=O)c2ccc(Oc3ccccc3)cc2C1C#N. The van der Waals surface area contributed by atoms with Crippen LogP contribution in [0.25, 0.3) is 0 Å². The van der Waals surface area contributed by atoms with Gasteiger partial charge in [0.05, 0.1) is 6.07 Å². The average molecular weight is 321 g/mol. The number of nitriles is 1. The number of amides is 1. The highest BCUT2D eigenvalue weighted by Gasteiger charge is 2.36. The number of ether oxygens (including phenoxy) is 1. The number of fused-ring (bicyclic) bond motifs is 1. The van der Waals surface area contributed by atoms with Crippen LogP contribution in [0.3, 0.4) is 0 Å². The molecule has 0 N–H and O–H groups in total. The lowest BCUT2D eigenvalue weighted by Crippen LogP contribution is -2.34. The Hall–Kier alpha value is -2.84. The lowest BCUT2D eigenvalue weighted by atomic mass is 10.1. The summed E-state index contributed by atoms with van der Waals surface area (Å²) in [5.41, 5.74) is 1.30. The predicted molar refractivity (Wildman–Crippen MR) is 90.9 cm³/mol. The monoisotopic (exact) mass is 321 g/mol. The van der Waals surface area contributed by atoms with Gasteiger partial charge in [0, 0.05) is 24.2 Å². The van der Waals surface area contributed by atoms with Gasteiger partial charge in [0.15, 0.2) is 0 Å². The Bertz CT molecular complexity index is 781. The molecule has 0 spiro atoms. The van der Waals surface area contributed by atoms with Gasteiger partial charge in [-0.25, -0.2) is 0 Å². The van der Waals surface area contributed by atoms with Crippen molar-refractivity contribution in [3.63, 3.8) is 0 Å². The van der Waals surface area contributed by atoms with E-state index < -0.39 is 6.04 Å². The summed E-state index contributed by atoms with van der Waals surface area (Å²) in [6.45, 7) is 1.24. The topological polar surface area (TPSA) is 56.6 Å². The number of likely N-dealkylation sites (N-methyl/N-ethyl adjacent to an activating group) is 1. The highest BCUT2D eigenvalue weighted by atomic mass is 16.5. The first-order chi connectivity index (χ1) is 11.6. The molecule has 0 radical (unpaired) electrons. The van der Waals surface area contributed by atoms with E-state index in [4.69, 9.17) is 4.74 Å². The van der Waals surface area contributed by atoms with E-state index in [0.29, 0.717) is 24.4 Å². The molecule has 2 aromatic carbocycles. The number of hydrogen-bond donors (Lipinski definition) is 0. The molecule has 24 heavy (non-hydrogen) atoms. The molecule has 0 aromatic heterocycles. The molecule has 122 valence electrons. The minimum atomic E-state index is -0.563. The molecule has 1 heterocycles. The molecule has 2 aromatic rings. The molecule has 0 fully saturated rings. The molecule has 0 aliphatic carbocycles. The smallest absolute Gasteiger partial charge is 0.255 e. The van der Waals surface area contributed by atoms with Crippen molar-refractivity contribution in [1.29, 1.82) is 5.26 Å². The summed E-state index contributed by atoms with van der Waals surface area (Å²) in [4.78, 5) is 16.2. The van der Waals surface area contributed by atoms with Gasteiger partial charge < -0.3 is 14.5 Å². The third kappa shape index (κ3) is 3.10. The highest BCUT2D eigenvalue weighted by Crippen LogP contribution is 2.36. The molecule has 1 unspecified atom stereocenters. The zero-order chi connectivity index (χ0) is 17.1. The van der Waals surface area contributed by atoms with Crippen molar-refractivity contribution in [3.8, 4) is 17.6 Å². The molecule has 5 heteroatoms. The third-order valence-electron chi connectivity index (χ3n) is 4.01. The number of carbonyl (C=O) groups excluding carboxylic acids is 1. The molecule has 3 rings (SSSR count). The Balaban J connectivity index is 1.86. The van der Waals surface area contributed by atoms with E-state index in [2.05, 4.69) is 6.07 Å². The Morgan fingerprint density at radius 1 is 1.17 bits per heavy atom. The van der Waals surface area contributed by atoms with E-state index in [0.717, 1.165) is 11.3 Å². The van der Waals surface area contributed by atoms with Crippen molar-refractivity contribution in [2.24, 2.45) is 0 Å². The van der Waals surface area contributed by atoms with Gasteiger partial charge in [-0.3, -0.25) is 4.79 Å². The van der Waals surface area contributed by atoms with Gasteiger partial charge in [-0.05, 0) is 44.4 Å². The fraction of sp³-hybridized carbons (Fsp3) is 0.263. The van der Waals surface area contributed by atoms with E-state index in [1.807, 2.05) is 49.3 Å². The lowest BCUT2D eigenvalue weighted by Gasteiger charge is -2.22. The molecular formula is C19H19N3O2. The minimum Gasteiger partial charge on any atom is -0.457 e. The molecule has 1 amide bonds. The van der Waals surface area contributed by atoms with Gasteiger partial charge in [-0.1, -0.05) is 18.2 Å². The quantitative estimate of drug-likeness (QED) is 0.849. The van der Waals surface area contributed by atoms with Crippen LogP contribution >= 0.6 is 0 Å². The molecule has 1 atom stereocenters. The maximum atomic E-state index is 12.6. The zero-order valence-electron chi connectivity index (χ0n) is 13.8. The van der Waals surface area contributed by atoms with Crippen LogP contribution in [0.5, 0.6) is 11.5 Å². The highest BCUT2D eigenvalue weighted by molar-refractivity contribution is 5.99. The largest absolute Gasteiger partial charge is 0.457 e.